The Labute approximate surface area is 107 Å². The van der Waals surface area contributed by atoms with Gasteiger partial charge in [-0.2, -0.15) is 0 Å². The first kappa shape index (κ1) is 14.2. The Hall–Kier alpha value is -0.850. The van der Waals surface area contributed by atoms with E-state index in [4.69, 9.17) is 0 Å². The largest absolute Gasteiger partial charge is 0.261 e. The van der Waals surface area contributed by atoms with Crippen LogP contribution in [-0.4, -0.2) is 4.98 Å². The van der Waals surface area contributed by atoms with Crippen LogP contribution >= 0.6 is 0 Å². The fraction of sp³-hybridized carbons (Fsp3) is 0.688. The lowest BCUT2D eigenvalue weighted by atomic mass is 9.89. The maximum absolute atomic E-state index is 4.58. The van der Waals surface area contributed by atoms with Gasteiger partial charge in [0.25, 0.3) is 0 Å². The van der Waals surface area contributed by atoms with Gasteiger partial charge in [-0.15, -0.1) is 0 Å². The van der Waals surface area contributed by atoms with Gasteiger partial charge >= 0.3 is 0 Å². The Kier molecular flexibility index (Phi) is 4.73. The van der Waals surface area contributed by atoms with E-state index < -0.39 is 0 Å². The quantitative estimate of drug-likeness (QED) is 0.746. The van der Waals surface area contributed by atoms with Crippen molar-refractivity contribution in [3.63, 3.8) is 0 Å². The molecule has 0 N–H and O–H groups in total. The van der Waals surface area contributed by atoms with Crippen LogP contribution in [0.15, 0.2) is 18.3 Å². The molecule has 0 spiro atoms. The normalized spacial score (nSPS) is 14.1. The van der Waals surface area contributed by atoms with Gasteiger partial charge in [0.2, 0.25) is 0 Å². The minimum atomic E-state index is 0.319. The Balaban J connectivity index is 2.62. The molecule has 96 valence electrons. The molecule has 0 aliphatic carbocycles. The van der Waals surface area contributed by atoms with E-state index in [1.54, 1.807) is 0 Å². The molecule has 0 saturated heterocycles. The summed E-state index contributed by atoms with van der Waals surface area (Å²) in [5.74, 6) is 1.47. The molecule has 0 bridgehead atoms. The molecule has 1 unspecified atom stereocenters. The topological polar surface area (TPSA) is 12.9 Å². The smallest absolute Gasteiger partial charge is 0.0409 e. The van der Waals surface area contributed by atoms with Crippen molar-refractivity contribution in [1.29, 1.82) is 0 Å². The molecular formula is C16H27N. The standard InChI is InChI=1S/C16H27N/c1-12(2)13(3)9-14-7-8-15(17-11-14)10-16(4,5)6/h7-8,11-13H,9-10H2,1-6H3. The highest BCUT2D eigenvalue weighted by Crippen LogP contribution is 2.20. The molecule has 0 amide bonds. The van der Waals surface area contributed by atoms with Crippen molar-refractivity contribution in [3.8, 4) is 0 Å². The van der Waals surface area contributed by atoms with Gasteiger partial charge < -0.3 is 0 Å². The highest BCUT2D eigenvalue weighted by Gasteiger charge is 2.12. The van der Waals surface area contributed by atoms with Crippen LogP contribution in [0.1, 0.15) is 52.8 Å². The van der Waals surface area contributed by atoms with Crippen LogP contribution in [0.2, 0.25) is 0 Å². The number of hydrogen-bond donors (Lipinski definition) is 0. The lowest BCUT2D eigenvalue weighted by Gasteiger charge is -2.18. The van der Waals surface area contributed by atoms with E-state index in [9.17, 15) is 0 Å². The fourth-order valence-electron chi connectivity index (χ4n) is 1.83. The van der Waals surface area contributed by atoms with Gasteiger partial charge in [0, 0.05) is 11.9 Å². The summed E-state index contributed by atoms with van der Waals surface area (Å²) >= 11 is 0. The highest BCUT2D eigenvalue weighted by molar-refractivity contribution is 5.15. The molecule has 0 radical (unpaired) electrons. The number of pyridine rings is 1. The molecule has 0 fully saturated rings. The van der Waals surface area contributed by atoms with Crippen LogP contribution in [0.5, 0.6) is 0 Å². The van der Waals surface area contributed by atoms with Crippen LogP contribution in [0.4, 0.5) is 0 Å². The zero-order valence-electron chi connectivity index (χ0n) is 12.2. The van der Waals surface area contributed by atoms with Crippen molar-refractivity contribution in [2.24, 2.45) is 17.3 Å². The summed E-state index contributed by atoms with van der Waals surface area (Å²) in [5, 5.41) is 0. The van der Waals surface area contributed by atoms with E-state index in [2.05, 4.69) is 64.9 Å². The predicted octanol–water partition coefficient (Wildman–Crippen LogP) is 4.50. The molecule has 1 atom stereocenters. The summed E-state index contributed by atoms with van der Waals surface area (Å²) in [5.41, 5.74) is 2.89. The predicted molar refractivity (Wildman–Crippen MR) is 75.1 cm³/mol. The Morgan fingerprint density at radius 3 is 2.18 bits per heavy atom. The first-order valence-electron chi connectivity index (χ1n) is 6.72. The van der Waals surface area contributed by atoms with Crippen molar-refractivity contribution in [1.82, 2.24) is 4.98 Å². The first-order valence-corrected chi connectivity index (χ1v) is 6.72. The molecular weight excluding hydrogens is 206 g/mol. The van der Waals surface area contributed by atoms with Crippen LogP contribution < -0.4 is 0 Å². The zero-order chi connectivity index (χ0) is 13.1. The van der Waals surface area contributed by atoms with Crippen molar-refractivity contribution in [2.45, 2.75) is 54.4 Å². The maximum Gasteiger partial charge on any atom is 0.0409 e. The number of hydrogen-bond acceptors (Lipinski definition) is 1. The summed E-state index contributed by atoms with van der Waals surface area (Å²) in [4.78, 5) is 4.58. The molecule has 0 aliphatic rings. The van der Waals surface area contributed by atoms with Crippen LogP contribution in [-0.2, 0) is 12.8 Å². The highest BCUT2D eigenvalue weighted by atomic mass is 14.7. The van der Waals surface area contributed by atoms with Crippen molar-refractivity contribution in [3.05, 3.63) is 29.6 Å². The SMILES string of the molecule is CC(C)C(C)Cc1ccc(CC(C)(C)C)nc1. The van der Waals surface area contributed by atoms with Crippen molar-refractivity contribution in [2.75, 3.05) is 0 Å². The maximum atomic E-state index is 4.58. The summed E-state index contributed by atoms with van der Waals surface area (Å²) in [7, 11) is 0. The molecule has 1 heteroatoms. The number of nitrogens with zero attached hydrogens (tertiary/aromatic N) is 1. The second kappa shape index (κ2) is 5.66. The Morgan fingerprint density at radius 1 is 1.12 bits per heavy atom. The molecule has 1 heterocycles. The molecule has 17 heavy (non-hydrogen) atoms. The third kappa shape index (κ3) is 5.34. The van der Waals surface area contributed by atoms with E-state index in [1.807, 2.05) is 0 Å². The Morgan fingerprint density at radius 2 is 1.76 bits per heavy atom. The summed E-state index contributed by atoms with van der Waals surface area (Å²) in [6, 6.07) is 4.43. The van der Waals surface area contributed by atoms with Gasteiger partial charge in [0.15, 0.2) is 0 Å². The summed E-state index contributed by atoms with van der Waals surface area (Å²) in [6.45, 7) is 13.6. The second-order valence-corrected chi connectivity index (χ2v) is 6.82. The van der Waals surface area contributed by atoms with Gasteiger partial charge in [-0.1, -0.05) is 47.6 Å². The van der Waals surface area contributed by atoms with Gasteiger partial charge in [-0.25, -0.2) is 0 Å². The third-order valence-corrected chi connectivity index (χ3v) is 3.29. The van der Waals surface area contributed by atoms with Gasteiger partial charge in [-0.05, 0) is 41.7 Å². The average molecular weight is 233 g/mol. The van der Waals surface area contributed by atoms with E-state index in [0.29, 0.717) is 5.41 Å². The fourth-order valence-corrected chi connectivity index (χ4v) is 1.83. The van der Waals surface area contributed by atoms with E-state index in [-0.39, 0.29) is 0 Å². The van der Waals surface area contributed by atoms with Crippen LogP contribution in [0.3, 0.4) is 0 Å². The first-order chi connectivity index (χ1) is 7.78. The third-order valence-electron chi connectivity index (χ3n) is 3.29. The minimum Gasteiger partial charge on any atom is -0.261 e. The number of aromatic nitrogens is 1. The molecule has 0 saturated carbocycles. The summed E-state index contributed by atoms with van der Waals surface area (Å²) < 4.78 is 0. The molecule has 1 rings (SSSR count). The second-order valence-electron chi connectivity index (χ2n) is 6.82. The monoisotopic (exact) mass is 233 g/mol. The molecule has 0 aliphatic heterocycles. The van der Waals surface area contributed by atoms with Gasteiger partial charge in [0.05, 0.1) is 0 Å². The Bertz CT molecular complexity index is 330. The summed E-state index contributed by atoms with van der Waals surface area (Å²) in [6.07, 6.45) is 4.24. The van der Waals surface area contributed by atoms with Gasteiger partial charge in [-0.3, -0.25) is 4.98 Å². The van der Waals surface area contributed by atoms with E-state index in [1.165, 1.54) is 11.3 Å². The lowest BCUT2D eigenvalue weighted by molar-refractivity contribution is 0.405. The van der Waals surface area contributed by atoms with Crippen LogP contribution in [0.25, 0.3) is 0 Å². The van der Waals surface area contributed by atoms with Crippen molar-refractivity contribution < 1.29 is 0 Å². The average Bonchev–Trinajstić information content (AvgIpc) is 2.18. The lowest BCUT2D eigenvalue weighted by Crippen LogP contribution is -2.11. The molecule has 1 aromatic heterocycles. The molecule has 1 nitrogen and oxygen atoms in total. The minimum absolute atomic E-state index is 0.319. The van der Waals surface area contributed by atoms with Crippen molar-refractivity contribution >= 4 is 0 Å². The zero-order valence-corrected chi connectivity index (χ0v) is 12.2. The molecule has 0 aromatic carbocycles. The molecule has 1 aromatic rings. The number of rotatable bonds is 4. The van der Waals surface area contributed by atoms with E-state index >= 15 is 0 Å². The van der Waals surface area contributed by atoms with E-state index in [0.717, 1.165) is 24.7 Å². The van der Waals surface area contributed by atoms with Gasteiger partial charge in [0.1, 0.15) is 0 Å². The van der Waals surface area contributed by atoms with Crippen LogP contribution in [0, 0.1) is 17.3 Å².